The number of Topliss-reactive ketones (excluding diaryl/α,β-unsaturated/α-hetero) is 1. The van der Waals surface area contributed by atoms with Crippen LogP contribution >= 0.6 is 0 Å². The Hall–Kier alpha value is -1.29. The number of aromatic nitrogens is 2. The molecule has 1 aliphatic heterocycles. The zero-order valence-corrected chi connectivity index (χ0v) is 8.77. The van der Waals surface area contributed by atoms with Crippen molar-refractivity contribution in [1.29, 1.82) is 0 Å². The summed E-state index contributed by atoms with van der Waals surface area (Å²) in [4.78, 5) is 19.7. The highest BCUT2D eigenvalue weighted by Crippen LogP contribution is 2.23. The van der Waals surface area contributed by atoms with Gasteiger partial charge in [-0.05, 0) is 18.9 Å². The predicted molar refractivity (Wildman–Crippen MR) is 54.8 cm³/mol. The Kier molecular flexibility index (Phi) is 3.06. The van der Waals surface area contributed by atoms with Crippen LogP contribution in [0.1, 0.15) is 42.0 Å². The van der Waals surface area contributed by atoms with Crippen molar-refractivity contribution < 1.29 is 9.53 Å². The molecule has 0 aliphatic carbocycles. The standard InChI is InChI=1S/C11H14N2O2/c1-8(14)10-2-5-12-11(13-10)9-3-6-15-7-4-9/h2,5,9H,3-4,6-7H2,1H3. The van der Waals surface area contributed by atoms with Gasteiger partial charge in [0.05, 0.1) is 0 Å². The van der Waals surface area contributed by atoms with Crippen molar-refractivity contribution in [3.05, 3.63) is 23.8 Å². The lowest BCUT2D eigenvalue weighted by Crippen LogP contribution is -2.17. The molecule has 0 spiro atoms. The largest absolute Gasteiger partial charge is 0.381 e. The van der Waals surface area contributed by atoms with E-state index in [0.29, 0.717) is 11.6 Å². The lowest BCUT2D eigenvalue weighted by atomic mass is 9.99. The second kappa shape index (κ2) is 4.49. The molecule has 2 heterocycles. The van der Waals surface area contributed by atoms with Crippen LogP contribution in [0.2, 0.25) is 0 Å². The highest BCUT2D eigenvalue weighted by Gasteiger charge is 2.19. The lowest BCUT2D eigenvalue weighted by Gasteiger charge is -2.20. The first kappa shape index (κ1) is 10.2. The van der Waals surface area contributed by atoms with Gasteiger partial charge in [0.1, 0.15) is 11.5 Å². The molecular formula is C11H14N2O2. The zero-order chi connectivity index (χ0) is 10.7. The average molecular weight is 206 g/mol. The van der Waals surface area contributed by atoms with Gasteiger partial charge in [-0.3, -0.25) is 4.79 Å². The van der Waals surface area contributed by atoms with Gasteiger partial charge in [-0.15, -0.1) is 0 Å². The van der Waals surface area contributed by atoms with E-state index < -0.39 is 0 Å². The summed E-state index contributed by atoms with van der Waals surface area (Å²) in [6.45, 7) is 3.05. The Labute approximate surface area is 88.7 Å². The van der Waals surface area contributed by atoms with E-state index in [1.165, 1.54) is 6.92 Å². The number of carbonyl (C=O) groups is 1. The Morgan fingerprint density at radius 3 is 2.87 bits per heavy atom. The van der Waals surface area contributed by atoms with Crippen molar-refractivity contribution in [1.82, 2.24) is 9.97 Å². The number of ether oxygens (including phenoxy) is 1. The van der Waals surface area contributed by atoms with Gasteiger partial charge in [-0.25, -0.2) is 9.97 Å². The van der Waals surface area contributed by atoms with Crippen LogP contribution in [0.15, 0.2) is 12.3 Å². The summed E-state index contributed by atoms with van der Waals surface area (Å²) in [5.41, 5.74) is 0.506. The van der Waals surface area contributed by atoms with Crippen molar-refractivity contribution in [2.45, 2.75) is 25.7 Å². The zero-order valence-electron chi connectivity index (χ0n) is 8.77. The smallest absolute Gasteiger partial charge is 0.178 e. The first-order valence-corrected chi connectivity index (χ1v) is 5.19. The number of nitrogens with zero attached hydrogens (tertiary/aromatic N) is 2. The summed E-state index contributed by atoms with van der Waals surface area (Å²) < 4.78 is 5.28. The minimum absolute atomic E-state index is 0.00860. The third kappa shape index (κ3) is 2.39. The van der Waals surface area contributed by atoms with Crippen LogP contribution in [-0.2, 0) is 4.74 Å². The molecule has 80 valence electrons. The predicted octanol–water partition coefficient (Wildman–Crippen LogP) is 1.57. The first-order chi connectivity index (χ1) is 7.27. The fraction of sp³-hybridized carbons (Fsp3) is 0.545. The average Bonchev–Trinajstić information content (AvgIpc) is 2.30. The number of ketones is 1. The maximum absolute atomic E-state index is 11.2. The molecule has 4 nitrogen and oxygen atoms in total. The van der Waals surface area contributed by atoms with Crippen LogP contribution in [0.5, 0.6) is 0 Å². The molecule has 0 atom stereocenters. The van der Waals surface area contributed by atoms with Crippen LogP contribution in [-0.4, -0.2) is 29.0 Å². The van der Waals surface area contributed by atoms with E-state index >= 15 is 0 Å². The molecule has 1 saturated heterocycles. The molecule has 4 heteroatoms. The lowest BCUT2D eigenvalue weighted by molar-refractivity contribution is 0.0834. The molecule has 0 aromatic carbocycles. The van der Waals surface area contributed by atoms with E-state index in [1.807, 2.05) is 0 Å². The fourth-order valence-corrected chi connectivity index (χ4v) is 1.72. The monoisotopic (exact) mass is 206 g/mol. The minimum atomic E-state index is -0.00860. The van der Waals surface area contributed by atoms with Gasteiger partial charge in [0.15, 0.2) is 5.78 Å². The van der Waals surface area contributed by atoms with Crippen molar-refractivity contribution >= 4 is 5.78 Å². The number of hydrogen-bond acceptors (Lipinski definition) is 4. The third-order valence-corrected chi connectivity index (χ3v) is 2.62. The maximum Gasteiger partial charge on any atom is 0.178 e. The highest BCUT2D eigenvalue weighted by molar-refractivity contribution is 5.91. The topological polar surface area (TPSA) is 52.1 Å². The Morgan fingerprint density at radius 2 is 2.20 bits per heavy atom. The summed E-state index contributed by atoms with van der Waals surface area (Å²) in [5.74, 6) is 1.12. The molecule has 0 radical (unpaired) electrons. The summed E-state index contributed by atoms with van der Waals surface area (Å²) in [6, 6.07) is 1.66. The number of hydrogen-bond donors (Lipinski definition) is 0. The van der Waals surface area contributed by atoms with Crippen LogP contribution in [0, 0.1) is 0 Å². The normalized spacial score (nSPS) is 17.7. The molecule has 0 amide bonds. The molecule has 1 aliphatic rings. The molecule has 15 heavy (non-hydrogen) atoms. The summed E-state index contributed by atoms with van der Waals surface area (Å²) in [6.07, 6.45) is 3.55. The molecule has 0 bridgehead atoms. The van der Waals surface area contributed by atoms with E-state index in [1.54, 1.807) is 12.3 Å². The van der Waals surface area contributed by atoms with Gasteiger partial charge in [0.25, 0.3) is 0 Å². The fourth-order valence-electron chi connectivity index (χ4n) is 1.72. The van der Waals surface area contributed by atoms with E-state index in [4.69, 9.17) is 4.74 Å². The molecule has 1 fully saturated rings. The van der Waals surface area contributed by atoms with E-state index in [2.05, 4.69) is 9.97 Å². The quantitative estimate of drug-likeness (QED) is 0.689. The van der Waals surface area contributed by atoms with Crippen LogP contribution < -0.4 is 0 Å². The summed E-state index contributed by atoms with van der Waals surface area (Å²) in [7, 11) is 0. The SMILES string of the molecule is CC(=O)c1ccnc(C2CCOCC2)n1. The van der Waals surface area contributed by atoms with Gasteiger partial charge < -0.3 is 4.74 Å². The van der Waals surface area contributed by atoms with Gasteiger partial charge >= 0.3 is 0 Å². The number of carbonyl (C=O) groups excluding carboxylic acids is 1. The Bertz CT molecular complexity index is 359. The van der Waals surface area contributed by atoms with Gasteiger partial charge in [-0.1, -0.05) is 0 Å². The Morgan fingerprint density at radius 1 is 1.47 bits per heavy atom. The molecular weight excluding hydrogens is 192 g/mol. The minimum Gasteiger partial charge on any atom is -0.381 e. The van der Waals surface area contributed by atoms with Crippen molar-refractivity contribution in [2.75, 3.05) is 13.2 Å². The van der Waals surface area contributed by atoms with Gasteiger partial charge in [-0.2, -0.15) is 0 Å². The molecule has 1 aromatic rings. The summed E-state index contributed by atoms with van der Waals surface area (Å²) >= 11 is 0. The molecule has 0 saturated carbocycles. The third-order valence-electron chi connectivity index (χ3n) is 2.62. The van der Waals surface area contributed by atoms with E-state index in [9.17, 15) is 4.79 Å². The van der Waals surface area contributed by atoms with Crippen molar-refractivity contribution in [3.63, 3.8) is 0 Å². The van der Waals surface area contributed by atoms with E-state index in [0.717, 1.165) is 31.9 Å². The number of rotatable bonds is 2. The van der Waals surface area contributed by atoms with Crippen LogP contribution in [0.4, 0.5) is 0 Å². The van der Waals surface area contributed by atoms with Crippen LogP contribution in [0.25, 0.3) is 0 Å². The van der Waals surface area contributed by atoms with Crippen LogP contribution in [0.3, 0.4) is 0 Å². The Balaban J connectivity index is 2.19. The van der Waals surface area contributed by atoms with Crippen molar-refractivity contribution in [2.24, 2.45) is 0 Å². The molecule has 1 aromatic heterocycles. The van der Waals surface area contributed by atoms with E-state index in [-0.39, 0.29) is 5.78 Å². The molecule has 0 N–H and O–H groups in total. The molecule has 2 rings (SSSR count). The maximum atomic E-state index is 11.2. The second-order valence-electron chi connectivity index (χ2n) is 3.74. The first-order valence-electron chi connectivity index (χ1n) is 5.19. The molecule has 0 unspecified atom stereocenters. The van der Waals surface area contributed by atoms with Gasteiger partial charge in [0, 0.05) is 32.3 Å². The van der Waals surface area contributed by atoms with Gasteiger partial charge in [0.2, 0.25) is 0 Å². The highest BCUT2D eigenvalue weighted by atomic mass is 16.5. The van der Waals surface area contributed by atoms with Crippen molar-refractivity contribution in [3.8, 4) is 0 Å². The second-order valence-corrected chi connectivity index (χ2v) is 3.74. The summed E-state index contributed by atoms with van der Waals surface area (Å²) in [5, 5.41) is 0.